The highest BCUT2D eigenvalue weighted by Crippen LogP contribution is 2.41. The number of fused-ring (bicyclic) bond motifs is 1. The average Bonchev–Trinajstić information content (AvgIpc) is 3.53. The first kappa shape index (κ1) is 29.6. The van der Waals surface area contributed by atoms with Gasteiger partial charge in [-0.15, -0.1) is 28.2 Å². The molecular weight excluding hydrogens is 613 g/mol. The highest BCUT2D eigenvalue weighted by atomic mass is 32.2. The van der Waals surface area contributed by atoms with E-state index in [9.17, 15) is 28.8 Å². The van der Waals surface area contributed by atoms with Crippen LogP contribution in [0.1, 0.15) is 5.69 Å². The van der Waals surface area contributed by atoms with E-state index in [1.165, 1.54) is 33.6 Å². The molecule has 214 valence electrons. The molecule has 4 rings (SSSR count). The lowest BCUT2D eigenvalue weighted by molar-refractivity contribution is -0.150. The number of carbonyl (C=O) groups is 4. The lowest BCUT2D eigenvalue weighted by Gasteiger charge is -2.49. The zero-order valence-electron chi connectivity index (χ0n) is 20.2. The van der Waals surface area contributed by atoms with Crippen LogP contribution in [0.15, 0.2) is 27.0 Å². The SMILES string of the molecule is Cn1nnnc1SCC1=C(C(=O)O)N2C(=O)C(NC(=O)/C(=N/OCCP(=O)(O)O)c3csc(NC=O)n3)[C@H]2SC1. The Morgan fingerprint density at radius 1 is 1.40 bits per heavy atom. The van der Waals surface area contributed by atoms with Gasteiger partial charge in [-0.1, -0.05) is 16.9 Å². The van der Waals surface area contributed by atoms with Crippen molar-refractivity contribution in [3.8, 4) is 0 Å². The maximum Gasteiger partial charge on any atom is 0.352 e. The van der Waals surface area contributed by atoms with E-state index in [1.54, 1.807) is 7.05 Å². The van der Waals surface area contributed by atoms with Gasteiger partial charge in [-0.2, -0.15) is 0 Å². The number of hydrogen-bond donors (Lipinski definition) is 5. The lowest BCUT2D eigenvalue weighted by atomic mass is 10.0. The lowest BCUT2D eigenvalue weighted by Crippen LogP contribution is -2.71. The van der Waals surface area contributed by atoms with Crippen molar-refractivity contribution in [1.82, 2.24) is 35.4 Å². The van der Waals surface area contributed by atoms with Crippen molar-refractivity contribution in [1.29, 1.82) is 0 Å². The maximum absolute atomic E-state index is 13.1. The van der Waals surface area contributed by atoms with Crippen LogP contribution >= 0.6 is 42.5 Å². The second-order valence-corrected chi connectivity index (χ2v) is 12.6. The highest BCUT2D eigenvalue weighted by molar-refractivity contribution is 8.01. The fourth-order valence-electron chi connectivity index (χ4n) is 3.47. The summed E-state index contributed by atoms with van der Waals surface area (Å²) in [7, 11) is -2.75. The van der Waals surface area contributed by atoms with E-state index >= 15 is 0 Å². The van der Waals surface area contributed by atoms with Gasteiger partial charge in [0.05, 0.1) is 6.16 Å². The number of carboxylic acid groups (broad SMARTS) is 1. The molecule has 1 fully saturated rings. The number of thioether (sulfide) groups is 2. The van der Waals surface area contributed by atoms with Crippen LogP contribution in [0.25, 0.3) is 0 Å². The molecule has 40 heavy (non-hydrogen) atoms. The van der Waals surface area contributed by atoms with E-state index in [0.29, 0.717) is 17.1 Å². The smallest absolute Gasteiger partial charge is 0.352 e. The summed E-state index contributed by atoms with van der Waals surface area (Å²) >= 11 is 3.44. The molecule has 0 bridgehead atoms. The van der Waals surface area contributed by atoms with Crippen molar-refractivity contribution in [3.63, 3.8) is 0 Å². The Labute approximate surface area is 236 Å². The average molecular weight is 634 g/mol. The van der Waals surface area contributed by atoms with Gasteiger partial charge in [-0.05, 0) is 16.0 Å². The second-order valence-electron chi connectivity index (χ2n) is 7.95. The summed E-state index contributed by atoms with van der Waals surface area (Å²) in [6.45, 7) is -0.517. The first-order valence-corrected chi connectivity index (χ1v) is 15.7. The summed E-state index contributed by atoms with van der Waals surface area (Å²) in [5.41, 5.74) is -0.151. The van der Waals surface area contributed by atoms with Crippen LogP contribution in [-0.4, -0.2) is 111 Å². The number of aliphatic carboxylic acids is 1. The largest absolute Gasteiger partial charge is 0.477 e. The molecule has 0 aliphatic carbocycles. The van der Waals surface area contributed by atoms with Crippen molar-refractivity contribution >= 4 is 77.5 Å². The van der Waals surface area contributed by atoms with Crippen LogP contribution in [0.5, 0.6) is 0 Å². The Kier molecular flexibility index (Phi) is 9.21. The van der Waals surface area contributed by atoms with Crippen LogP contribution in [0, 0.1) is 0 Å². The predicted octanol–water partition coefficient (Wildman–Crippen LogP) is -1.34. The molecular formula is C18H20N9O9PS3. The topological polar surface area (TPSA) is 251 Å². The Hall–Kier alpha value is -3.36. The molecule has 18 nitrogen and oxygen atoms in total. The number of carboxylic acids is 1. The van der Waals surface area contributed by atoms with E-state index in [1.807, 2.05) is 0 Å². The first-order valence-electron chi connectivity index (χ1n) is 11.0. The van der Waals surface area contributed by atoms with Crippen molar-refractivity contribution in [2.24, 2.45) is 12.2 Å². The summed E-state index contributed by atoms with van der Waals surface area (Å²) in [6.07, 6.45) is -0.282. The van der Waals surface area contributed by atoms with Crippen LogP contribution in [0.2, 0.25) is 0 Å². The minimum absolute atomic E-state index is 0.0355. The summed E-state index contributed by atoms with van der Waals surface area (Å²) in [5, 5.41) is 30.7. The summed E-state index contributed by atoms with van der Waals surface area (Å²) in [6, 6.07) is -1.10. The van der Waals surface area contributed by atoms with Crippen molar-refractivity contribution < 1.29 is 43.5 Å². The number of carbonyl (C=O) groups excluding carboxylic acids is 3. The fourth-order valence-corrected chi connectivity index (χ4v) is 6.78. The van der Waals surface area contributed by atoms with Crippen LogP contribution < -0.4 is 10.6 Å². The Bertz CT molecular complexity index is 1440. The Morgan fingerprint density at radius 2 is 2.17 bits per heavy atom. The highest BCUT2D eigenvalue weighted by Gasteiger charge is 2.54. The molecule has 1 saturated heterocycles. The number of rotatable bonds is 13. The van der Waals surface area contributed by atoms with Crippen molar-refractivity contribution in [2.45, 2.75) is 16.6 Å². The van der Waals surface area contributed by atoms with E-state index in [2.05, 4.69) is 36.3 Å². The molecule has 3 amide bonds. The first-order chi connectivity index (χ1) is 19.0. The second kappa shape index (κ2) is 12.4. The number of hydrogen-bond acceptors (Lipinski definition) is 14. The molecule has 2 aromatic rings. The number of nitrogens with zero attached hydrogens (tertiary/aromatic N) is 7. The number of oxime groups is 1. The number of aryl methyl sites for hydroxylation is 1. The third kappa shape index (κ3) is 6.67. The number of anilines is 1. The minimum Gasteiger partial charge on any atom is -0.477 e. The minimum atomic E-state index is -4.39. The molecule has 2 aliphatic rings. The van der Waals surface area contributed by atoms with Gasteiger partial charge in [-0.25, -0.2) is 14.5 Å². The van der Waals surface area contributed by atoms with Crippen LogP contribution in [0.3, 0.4) is 0 Å². The van der Waals surface area contributed by atoms with Crippen molar-refractivity contribution in [2.75, 3.05) is 29.6 Å². The molecule has 2 aromatic heterocycles. The number of nitrogens with one attached hydrogen (secondary N) is 2. The van der Waals surface area contributed by atoms with E-state index in [-0.39, 0.29) is 28.0 Å². The molecule has 2 atom stereocenters. The third-order valence-electron chi connectivity index (χ3n) is 5.27. The Morgan fingerprint density at radius 3 is 2.83 bits per heavy atom. The standard InChI is InChI=1S/C18H20N9O9PS3/c1-26-18(22-24-25-26)40-5-8-4-38-15-11(14(30)27(15)12(8)16(31)32)21-13(29)10(23-36-2-3-37(33,34)35)9-6-39-17(20-9)19-7-28/h6-7,11,15H,2-5H2,1H3,(H,21,29)(H,31,32)(H,19,20,28)(H2,33,34,35)/b23-10+/t11?,15-/m1/s1. The van der Waals surface area contributed by atoms with E-state index in [0.717, 1.165) is 16.2 Å². The summed E-state index contributed by atoms with van der Waals surface area (Å²) < 4.78 is 12.5. The Balaban J connectivity index is 1.49. The van der Waals surface area contributed by atoms with Crippen molar-refractivity contribution in [3.05, 3.63) is 22.3 Å². The van der Waals surface area contributed by atoms with Gasteiger partial charge in [0, 0.05) is 23.9 Å². The summed E-state index contributed by atoms with van der Waals surface area (Å²) in [5.74, 6) is -2.38. The molecule has 4 heterocycles. The quantitative estimate of drug-likeness (QED) is 0.0326. The molecule has 0 aromatic carbocycles. The molecule has 1 unspecified atom stereocenters. The van der Waals surface area contributed by atoms with Gasteiger partial charge in [0.15, 0.2) is 10.8 Å². The zero-order valence-corrected chi connectivity index (χ0v) is 23.6. The molecule has 0 saturated carbocycles. The van der Waals surface area contributed by atoms with Crippen LogP contribution in [-0.2, 0) is 35.6 Å². The molecule has 2 aliphatic heterocycles. The number of amides is 3. The molecule has 0 spiro atoms. The normalized spacial score (nSPS) is 19.1. The molecule has 5 N–H and O–H groups in total. The van der Waals surface area contributed by atoms with E-state index < -0.39 is 55.3 Å². The molecule has 0 radical (unpaired) electrons. The monoisotopic (exact) mass is 633 g/mol. The number of thiazole rings is 1. The summed E-state index contributed by atoms with van der Waals surface area (Å²) in [4.78, 5) is 77.0. The third-order valence-corrected chi connectivity index (χ3v) is 9.24. The number of tetrazole rings is 1. The number of aromatic nitrogens is 5. The van der Waals surface area contributed by atoms with Gasteiger partial charge in [0.2, 0.25) is 11.6 Å². The van der Waals surface area contributed by atoms with Gasteiger partial charge < -0.3 is 30.4 Å². The van der Waals surface area contributed by atoms with Gasteiger partial charge >= 0.3 is 13.6 Å². The van der Waals surface area contributed by atoms with Gasteiger partial charge in [-0.3, -0.25) is 23.8 Å². The van der Waals surface area contributed by atoms with Gasteiger partial charge in [0.25, 0.3) is 11.8 Å². The predicted molar refractivity (Wildman–Crippen MR) is 140 cm³/mol. The van der Waals surface area contributed by atoms with Gasteiger partial charge in [0.1, 0.15) is 29.4 Å². The van der Waals surface area contributed by atoms with Crippen LogP contribution in [0.4, 0.5) is 5.13 Å². The fraction of sp³-hybridized carbons (Fsp3) is 0.389. The maximum atomic E-state index is 13.1. The molecule has 22 heteroatoms. The van der Waals surface area contributed by atoms with E-state index in [4.69, 9.17) is 14.6 Å². The number of β-lactam (4-membered cyclic amide) rings is 1. The zero-order chi connectivity index (χ0) is 29.0.